The van der Waals surface area contributed by atoms with Crippen molar-refractivity contribution in [1.82, 2.24) is 0 Å². The molecule has 6 heteroatoms. The van der Waals surface area contributed by atoms with Crippen LogP contribution in [-0.2, 0) is 12.6 Å². The van der Waals surface area contributed by atoms with Gasteiger partial charge in [-0.25, -0.2) is 13.2 Å². The molecule has 1 saturated carbocycles. The average Bonchev–Trinajstić information content (AvgIpc) is 2.72. The lowest BCUT2D eigenvalue weighted by molar-refractivity contribution is -0.140. The maximum Gasteiger partial charge on any atom is 0.419 e. The molecule has 0 bridgehead atoms. The first-order chi connectivity index (χ1) is 15.2. The van der Waals surface area contributed by atoms with Gasteiger partial charge in [-0.15, -0.1) is 0 Å². The normalized spacial score (nSPS) is 25.6. The highest BCUT2D eigenvalue weighted by atomic mass is 19.4. The van der Waals surface area contributed by atoms with E-state index in [9.17, 15) is 26.3 Å². The number of hydrogen-bond acceptors (Lipinski definition) is 0. The van der Waals surface area contributed by atoms with Crippen molar-refractivity contribution in [2.75, 3.05) is 0 Å². The van der Waals surface area contributed by atoms with Crippen molar-refractivity contribution in [3.05, 3.63) is 82.2 Å². The van der Waals surface area contributed by atoms with Gasteiger partial charge in [-0.05, 0) is 104 Å². The summed E-state index contributed by atoms with van der Waals surface area (Å²) >= 11 is 0. The summed E-state index contributed by atoms with van der Waals surface area (Å²) in [4.78, 5) is 0. The first-order valence-electron chi connectivity index (χ1n) is 11.2. The monoisotopic (exact) mass is 452 g/mol. The highest BCUT2D eigenvalue weighted by Crippen LogP contribution is 2.55. The van der Waals surface area contributed by atoms with Gasteiger partial charge in [0.05, 0.1) is 5.56 Å². The molecule has 0 radical (unpaired) electrons. The summed E-state index contributed by atoms with van der Waals surface area (Å²) < 4.78 is 82.2. The van der Waals surface area contributed by atoms with Crippen molar-refractivity contribution < 1.29 is 26.3 Å². The quantitative estimate of drug-likeness (QED) is 0.323. The standard InChI is InChI=1S/C26H26F6/c1-2-3-4-5-15-6-8-18-20(10-9-19-21(18)13-17(27)14-23(19)28)25(15)16-7-11-22(24(29)12-16)26(30,31)32/h2-3,7,11-15,18,20,25H,4-6,8-10H2,1H3/t15-,18-,20+,25-/m1/s1. The van der Waals surface area contributed by atoms with Crippen LogP contribution in [0, 0.1) is 29.3 Å². The van der Waals surface area contributed by atoms with E-state index in [1.54, 1.807) is 0 Å². The number of hydrogen-bond donors (Lipinski definition) is 0. The molecule has 32 heavy (non-hydrogen) atoms. The highest BCUT2D eigenvalue weighted by molar-refractivity contribution is 5.38. The van der Waals surface area contributed by atoms with Crippen molar-refractivity contribution in [3.63, 3.8) is 0 Å². The van der Waals surface area contributed by atoms with Gasteiger partial charge in [-0.3, -0.25) is 0 Å². The Morgan fingerprint density at radius 3 is 2.44 bits per heavy atom. The molecule has 0 aliphatic heterocycles. The van der Waals surface area contributed by atoms with E-state index >= 15 is 0 Å². The molecule has 0 N–H and O–H groups in total. The van der Waals surface area contributed by atoms with Gasteiger partial charge in [-0.2, -0.15) is 13.2 Å². The van der Waals surface area contributed by atoms with Crippen LogP contribution in [0.4, 0.5) is 26.3 Å². The lowest BCUT2D eigenvalue weighted by atomic mass is 9.57. The molecule has 2 aliphatic rings. The Hall–Kier alpha value is -2.24. The van der Waals surface area contributed by atoms with Crippen molar-refractivity contribution in [2.45, 2.75) is 63.5 Å². The Bertz CT molecular complexity index is 1010. The maximum atomic E-state index is 14.5. The molecule has 0 unspecified atom stereocenters. The minimum atomic E-state index is -4.75. The van der Waals surface area contributed by atoms with E-state index < -0.39 is 29.2 Å². The van der Waals surface area contributed by atoms with Gasteiger partial charge in [0.2, 0.25) is 0 Å². The van der Waals surface area contributed by atoms with Crippen molar-refractivity contribution in [2.24, 2.45) is 11.8 Å². The fourth-order valence-electron chi connectivity index (χ4n) is 5.97. The van der Waals surface area contributed by atoms with Gasteiger partial charge in [-0.1, -0.05) is 18.2 Å². The third-order valence-electron chi connectivity index (χ3n) is 7.28. The second-order valence-electron chi connectivity index (χ2n) is 9.01. The molecule has 0 aromatic heterocycles. The van der Waals surface area contributed by atoms with E-state index in [1.807, 2.05) is 13.0 Å². The van der Waals surface area contributed by atoms with Crippen LogP contribution < -0.4 is 0 Å². The van der Waals surface area contributed by atoms with Gasteiger partial charge in [0.1, 0.15) is 17.5 Å². The van der Waals surface area contributed by atoms with Gasteiger partial charge in [0.15, 0.2) is 0 Å². The fourth-order valence-corrected chi connectivity index (χ4v) is 5.97. The van der Waals surface area contributed by atoms with Gasteiger partial charge < -0.3 is 0 Å². The van der Waals surface area contributed by atoms with Crippen LogP contribution in [-0.4, -0.2) is 0 Å². The first-order valence-corrected chi connectivity index (χ1v) is 11.2. The molecule has 4 rings (SSSR count). The SMILES string of the molecule is CC=CCC[C@@H]1CC[C@H]2c3cc(F)cc(F)c3CC[C@@H]2[C@H]1c1ccc(C(F)(F)F)c(F)c1. The number of rotatable bonds is 4. The molecule has 2 aromatic rings. The topological polar surface area (TPSA) is 0 Å². The second kappa shape index (κ2) is 8.95. The lowest BCUT2D eigenvalue weighted by Crippen LogP contribution is -2.35. The summed E-state index contributed by atoms with van der Waals surface area (Å²) in [5.41, 5.74) is 0.494. The molecule has 0 nitrogen and oxygen atoms in total. The molecular weight excluding hydrogens is 426 g/mol. The molecule has 2 aliphatic carbocycles. The molecular formula is C26H26F6. The summed E-state index contributed by atoms with van der Waals surface area (Å²) in [5.74, 6) is -2.49. The van der Waals surface area contributed by atoms with Crippen LogP contribution in [0.1, 0.15) is 73.1 Å². The van der Waals surface area contributed by atoms with E-state index in [1.165, 1.54) is 12.1 Å². The van der Waals surface area contributed by atoms with E-state index in [4.69, 9.17) is 0 Å². The van der Waals surface area contributed by atoms with Crippen molar-refractivity contribution >= 4 is 0 Å². The van der Waals surface area contributed by atoms with Gasteiger partial charge in [0, 0.05) is 6.07 Å². The van der Waals surface area contributed by atoms with Crippen molar-refractivity contribution in [1.29, 1.82) is 0 Å². The average molecular weight is 452 g/mol. The van der Waals surface area contributed by atoms with Crippen LogP contribution in [0.3, 0.4) is 0 Å². The zero-order chi connectivity index (χ0) is 23.0. The Labute approximate surface area is 184 Å². The second-order valence-corrected chi connectivity index (χ2v) is 9.01. The number of alkyl halides is 3. The summed E-state index contributed by atoms with van der Waals surface area (Å²) in [5, 5.41) is 0. The van der Waals surface area contributed by atoms with Gasteiger partial charge >= 0.3 is 6.18 Å². The third kappa shape index (κ3) is 4.33. The van der Waals surface area contributed by atoms with Crippen molar-refractivity contribution in [3.8, 4) is 0 Å². The smallest absolute Gasteiger partial charge is 0.207 e. The minimum Gasteiger partial charge on any atom is -0.207 e. The Balaban J connectivity index is 1.74. The summed E-state index contributed by atoms with van der Waals surface area (Å²) in [6.07, 6.45) is 3.57. The van der Waals surface area contributed by atoms with Crippen LogP contribution in [0.2, 0.25) is 0 Å². The summed E-state index contributed by atoms with van der Waals surface area (Å²) in [6.45, 7) is 1.93. The molecule has 2 aromatic carbocycles. The minimum absolute atomic E-state index is 0.00388. The molecule has 0 saturated heterocycles. The summed E-state index contributed by atoms with van der Waals surface area (Å²) in [6, 6.07) is 5.56. The van der Waals surface area contributed by atoms with E-state index in [-0.39, 0.29) is 23.7 Å². The fraction of sp³-hybridized carbons (Fsp3) is 0.462. The zero-order valence-electron chi connectivity index (χ0n) is 17.9. The van der Waals surface area contributed by atoms with Crippen LogP contribution >= 0.6 is 0 Å². The predicted octanol–water partition coefficient (Wildman–Crippen LogP) is 8.32. The molecule has 0 amide bonds. The van der Waals surface area contributed by atoms with Crippen LogP contribution in [0.5, 0.6) is 0 Å². The van der Waals surface area contributed by atoms with Crippen LogP contribution in [0.15, 0.2) is 42.5 Å². The van der Waals surface area contributed by atoms with E-state index in [2.05, 4.69) is 6.08 Å². The lowest BCUT2D eigenvalue weighted by Gasteiger charge is -2.47. The van der Waals surface area contributed by atoms with Gasteiger partial charge in [0.25, 0.3) is 0 Å². The summed E-state index contributed by atoms with van der Waals surface area (Å²) in [7, 11) is 0. The zero-order valence-corrected chi connectivity index (χ0v) is 17.9. The van der Waals surface area contributed by atoms with Crippen LogP contribution in [0.25, 0.3) is 0 Å². The first kappa shape index (κ1) is 22.9. The number of benzene rings is 2. The largest absolute Gasteiger partial charge is 0.419 e. The third-order valence-corrected chi connectivity index (χ3v) is 7.28. The molecule has 4 atom stereocenters. The molecule has 0 heterocycles. The molecule has 172 valence electrons. The predicted molar refractivity (Wildman–Crippen MR) is 112 cm³/mol. The number of fused-ring (bicyclic) bond motifs is 3. The number of halogens is 6. The molecule has 0 spiro atoms. The Morgan fingerprint density at radius 2 is 1.75 bits per heavy atom. The Kier molecular flexibility index (Phi) is 6.42. The van der Waals surface area contributed by atoms with E-state index in [0.29, 0.717) is 29.5 Å². The number of allylic oxidation sites excluding steroid dienone is 2. The Morgan fingerprint density at radius 1 is 0.969 bits per heavy atom. The maximum absolute atomic E-state index is 14.5. The highest BCUT2D eigenvalue weighted by Gasteiger charge is 2.44. The molecule has 1 fully saturated rings. The van der Waals surface area contributed by atoms with E-state index in [0.717, 1.165) is 43.9 Å².